The first-order valence-electron chi connectivity index (χ1n) is 8.11. The topological polar surface area (TPSA) is 40.2 Å². The molecule has 3 heteroatoms. The van der Waals surface area contributed by atoms with Gasteiger partial charge in [0.2, 0.25) is 0 Å². The van der Waals surface area contributed by atoms with Crippen molar-refractivity contribution in [2.24, 2.45) is 4.99 Å². The maximum Gasteiger partial charge on any atom is 0.0909 e. The van der Waals surface area contributed by atoms with E-state index in [2.05, 4.69) is 60.7 Å². The standard InChI is InChI=1S/C21H19N3/c1-4-14-10-11-18-16(12-14)19(13(3)23-18)21-20(22-5-2)15-8-6-7-9-17(15)24-21/h4,6-12,23-24H,1,3,5H2,2H3/b21-19+,22-20?. The van der Waals surface area contributed by atoms with Crippen LogP contribution in [0.3, 0.4) is 0 Å². The van der Waals surface area contributed by atoms with Crippen molar-refractivity contribution in [3.05, 3.63) is 70.7 Å². The molecular weight excluding hydrogens is 294 g/mol. The van der Waals surface area contributed by atoms with Gasteiger partial charge in [0, 0.05) is 39.3 Å². The molecule has 2 aromatic carbocycles. The molecule has 3 aromatic rings. The highest BCUT2D eigenvalue weighted by Crippen LogP contribution is 2.28. The van der Waals surface area contributed by atoms with Crippen molar-refractivity contribution in [3.8, 4) is 0 Å². The molecule has 1 aromatic heterocycles. The van der Waals surface area contributed by atoms with E-state index >= 15 is 0 Å². The number of H-pyrrole nitrogens is 1. The summed E-state index contributed by atoms with van der Waals surface area (Å²) in [5.74, 6) is 0. The van der Waals surface area contributed by atoms with E-state index in [1.807, 2.05) is 18.2 Å². The summed E-state index contributed by atoms with van der Waals surface area (Å²) < 4.78 is 0. The van der Waals surface area contributed by atoms with E-state index < -0.39 is 0 Å². The van der Waals surface area contributed by atoms with Gasteiger partial charge in [-0.3, -0.25) is 4.99 Å². The van der Waals surface area contributed by atoms with E-state index in [-0.39, 0.29) is 0 Å². The molecule has 4 rings (SSSR count). The van der Waals surface area contributed by atoms with Crippen LogP contribution in [0.4, 0.5) is 5.69 Å². The number of benzene rings is 2. The number of hydrogen-bond donors (Lipinski definition) is 2. The Kier molecular flexibility index (Phi) is 3.35. The van der Waals surface area contributed by atoms with Crippen molar-refractivity contribution < 1.29 is 0 Å². The van der Waals surface area contributed by atoms with Crippen molar-refractivity contribution in [2.75, 3.05) is 11.9 Å². The highest BCUT2D eigenvalue weighted by atomic mass is 15.0. The Labute approximate surface area is 140 Å². The molecule has 0 atom stereocenters. The molecule has 3 nitrogen and oxygen atoms in total. The monoisotopic (exact) mass is 313 g/mol. The molecule has 2 N–H and O–H groups in total. The molecule has 0 spiro atoms. The number of aromatic nitrogens is 1. The fraction of sp³-hybridized carbons (Fsp3) is 0.0952. The lowest BCUT2D eigenvalue weighted by Gasteiger charge is -2.01. The van der Waals surface area contributed by atoms with Gasteiger partial charge in [-0.2, -0.15) is 0 Å². The van der Waals surface area contributed by atoms with E-state index in [4.69, 9.17) is 4.99 Å². The first kappa shape index (κ1) is 14.5. The number of aromatic amines is 1. The lowest BCUT2D eigenvalue weighted by atomic mass is 10.1. The molecule has 0 radical (unpaired) electrons. The first-order chi connectivity index (χ1) is 11.7. The average Bonchev–Trinajstić information content (AvgIpc) is 3.11. The number of anilines is 1. The minimum absolute atomic E-state index is 0.738. The van der Waals surface area contributed by atoms with Gasteiger partial charge < -0.3 is 10.3 Å². The number of nitrogens with zero attached hydrogens (tertiary/aromatic N) is 1. The fourth-order valence-electron chi connectivity index (χ4n) is 3.31. The van der Waals surface area contributed by atoms with E-state index in [0.717, 1.165) is 56.2 Å². The van der Waals surface area contributed by atoms with E-state index in [1.54, 1.807) is 0 Å². The van der Waals surface area contributed by atoms with Crippen LogP contribution in [0.2, 0.25) is 0 Å². The molecule has 2 heterocycles. The van der Waals surface area contributed by atoms with Crippen LogP contribution in [-0.4, -0.2) is 17.2 Å². The molecule has 0 saturated heterocycles. The number of fused-ring (bicyclic) bond motifs is 2. The smallest absolute Gasteiger partial charge is 0.0909 e. The van der Waals surface area contributed by atoms with Crippen LogP contribution in [0, 0.1) is 0 Å². The largest absolute Gasteiger partial charge is 0.355 e. The molecule has 1 aliphatic rings. The predicted molar refractivity (Wildman–Crippen MR) is 104 cm³/mol. The van der Waals surface area contributed by atoms with Gasteiger partial charge in [-0.1, -0.05) is 43.5 Å². The third-order valence-corrected chi connectivity index (χ3v) is 4.38. The third-order valence-electron chi connectivity index (χ3n) is 4.38. The summed E-state index contributed by atoms with van der Waals surface area (Å²) in [4.78, 5) is 8.13. The van der Waals surface area contributed by atoms with Gasteiger partial charge >= 0.3 is 0 Å². The summed E-state index contributed by atoms with van der Waals surface area (Å²) in [7, 11) is 0. The molecule has 0 saturated carbocycles. The SMILES string of the molecule is C=Cc1ccc2[nH]c(=C)/c(=C3\Nc4ccccc4C3=NCC)c2c1. The zero-order valence-electron chi connectivity index (χ0n) is 13.7. The van der Waals surface area contributed by atoms with Crippen molar-refractivity contribution in [3.63, 3.8) is 0 Å². The molecule has 1 aliphatic heterocycles. The number of rotatable bonds is 2. The molecule has 0 amide bonds. The highest BCUT2D eigenvalue weighted by molar-refractivity contribution is 6.36. The molecule has 24 heavy (non-hydrogen) atoms. The molecule has 0 bridgehead atoms. The van der Waals surface area contributed by atoms with Gasteiger partial charge in [0.05, 0.1) is 11.4 Å². The van der Waals surface area contributed by atoms with Gasteiger partial charge in [0.15, 0.2) is 0 Å². The van der Waals surface area contributed by atoms with Gasteiger partial charge in [-0.05, 0) is 30.7 Å². The summed E-state index contributed by atoms with van der Waals surface area (Å²) >= 11 is 0. The second-order valence-corrected chi connectivity index (χ2v) is 5.86. The molecule has 118 valence electrons. The lowest BCUT2D eigenvalue weighted by molar-refractivity contribution is 1.13. The van der Waals surface area contributed by atoms with Crippen LogP contribution < -0.4 is 15.9 Å². The summed E-state index contributed by atoms with van der Waals surface area (Å²) in [6.07, 6.45) is 1.86. The molecular formula is C21H19N3. The predicted octanol–water partition coefficient (Wildman–Crippen LogP) is 3.26. The van der Waals surface area contributed by atoms with Crippen LogP contribution in [0.25, 0.3) is 29.3 Å². The zero-order valence-corrected chi connectivity index (χ0v) is 13.7. The summed E-state index contributed by atoms with van der Waals surface area (Å²) in [5, 5.41) is 6.65. The van der Waals surface area contributed by atoms with Gasteiger partial charge in [0.1, 0.15) is 0 Å². The summed E-state index contributed by atoms with van der Waals surface area (Å²) in [6.45, 7) is 10.9. The Bertz CT molecular complexity index is 1100. The summed E-state index contributed by atoms with van der Waals surface area (Å²) in [5.41, 5.74) is 6.42. The lowest BCUT2D eigenvalue weighted by Crippen LogP contribution is -2.28. The molecule has 0 unspecified atom stereocenters. The van der Waals surface area contributed by atoms with Crippen molar-refractivity contribution in [2.45, 2.75) is 6.92 Å². The number of aliphatic imine (C=N–C) groups is 1. The van der Waals surface area contributed by atoms with Gasteiger partial charge in [-0.15, -0.1) is 0 Å². The van der Waals surface area contributed by atoms with Crippen molar-refractivity contribution in [1.29, 1.82) is 0 Å². The second-order valence-electron chi connectivity index (χ2n) is 5.86. The quantitative estimate of drug-likeness (QED) is 0.749. The third kappa shape index (κ3) is 2.09. The van der Waals surface area contributed by atoms with Crippen LogP contribution >= 0.6 is 0 Å². The number of hydrogen-bond acceptors (Lipinski definition) is 2. The van der Waals surface area contributed by atoms with Crippen LogP contribution in [0.5, 0.6) is 0 Å². The maximum atomic E-state index is 4.75. The Morgan fingerprint density at radius 3 is 2.79 bits per heavy atom. The maximum absolute atomic E-state index is 4.75. The highest BCUT2D eigenvalue weighted by Gasteiger charge is 2.23. The Morgan fingerprint density at radius 2 is 2.00 bits per heavy atom. The first-order valence-corrected chi connectivity index (χ1v) is 8.11. The van der Waals surface area contributed by atoms with Gasteiger partial charge in [0.25, 0.3) is 0 Å². The Morgan fingerprint density at radius 1 is 1.17 bits per heavy atom. The fourth-order valence-corrected chi connectivity index (χ4v) is 3.31. The minimum atomic E-state index is 0.738. The van der Waals surface area contributed by atoms with E-state index in [9.17, 15) is 0 Å². The average molecular weight is 313 g/mol. The van der Waals surface area contributed by atoms with Crippen LogP contribution in [-0.2, 0) is 0 Å². The summed E-state index contributed by atoms with van der Waals surface area (Å²) in [6, 6.07) is 14.5. The molecule has 0 aliphatic carbocycles. The van der Waals surface area contributed by atoms with E-state index in [0.29, 0.717) is 0 Å². The Balaban J connectivity index is 2.12. The van der Waals surface area contributed by atoms with Crippen LogP contribution in [0.1, 0.15) is 18.1 Å². The number of nitrogens with one attached hydrogen (secondary N) is 2. The molecule has 0 fully saturated rings. The van der Waals surface area contributed by atoms with Gasteiger partial charge in [-0.25, -0.2) is 0 Å². The Hall–Kier alpha value is -3.07. The minimum Gasteiger partial charge on any atom is -0.355 e. The van der Waals surface area contributed by atoms with Crippen molar-refractivity contribution in [1.82, 2.24) is 4.98 Å². The van der Waals surface area contributed by atoms with Crippen LogP contribution in [0.15, 0.2) is 54.0 Å². The number of para-hydroxylation sites is 1. The zero-order chi connectivity index (χ0) is 16.7. The second kappa shape index (κ2) is 5.53. The van der Waals surface area contributed by atoms with Crippen molar-refractivity contribution >= 4 is 40.7 Å². The van der Waals surface area contributed by atoms with E-state index in [1.165, 1.54) is 0 Å². The normalized spacial score (nSPS) is 17.1.